The molecule has 0 saturated heterocycles. The van der Waals surface area contributed by atoms with E-state index in [-0.39, 0.29) is 10.1 Å². The molecule has 0 spiro atoms. The molecule has 1 heterocycles. The molecule has 6 nitrogen and oxygen atoms in total. The Balaban J connectivity index is 1.91. The third kappa shape index (κ3) is 4.80. The Hall–Kier alpha value is -2.19. The fourth-order valence-corrected chi connectivity index (χ4v) is 3.60. The lowest BCUT2D eigenvalue weighted by Crippen LogP contribution is -1.97. The molecule has 3 aromatic rings. The maximum Gasteiger partial charge on any atom is 0.342 e. The number of carbonyl (C=O) groups is 1. The highest BCUT2D eigenvalue weighted by Crippen LogP contribution is 2.33. The van der Waals surface area contributed by atoms with Gasteiger partial charge >= 0.3 is 5.97 Å². The number of methoxy groups -OCH3 is 1. The van der Waals surface area contributed by atoms with Crippen LogP contribution in [-0.2, 0) is 4.79 Å². The van der Waals surface area contributed by atoms with E-state index in [2.05, 4.69) is 15.2 Å². The van der Waals surface area contributed by atoms with Crippen LogP contribution in [0, 0.1) is 0 Å². The van der Waals surface area contributed by atoms with E-state index in [0.29, 0.717) is 37.8 Å². The van der Waals surface area contributed by atoms with Gasteiger partial charge < -0.3 is 9.84 Å². The molecule has 0 saturated carbocycles. The average Bonchev–Trinajstić information content (AvgIpc) is 3.11. The van der Waals surface area contributed by atoms with E-state index >= 15 is 0 Å². The highest BCUT2D eigenvalue weighted by Gasteiger charge is 2.17. The van der Waals surface area contributed by atoms with Crippen molar-refractivity contribution in [2.75, 3.05) is 7.11 Å². The molecule has 0 atom stereocenters. The number of nitrogens with zero attached hydrogens (tertiary/aromatic N) is 2. The highest BCUT2D eigenvalue weighted by atomic mass is 35.5. The maximum absolute atomic E-state index is 11.6. The zero-order valence-electron chi connectivity index (χ0n) is 14.2. The number of benzene rings is 2. The van der Waals surface area contributed by atoms with Gasteiger partial charge in [-0.1, -0.05) is 40.9 Å². The van der Waals surface area contributed by atoms with Crippen molar-refractivity contribution in [3.63, 3.8) is 0 Å². The molecule has 0 aliphatic carbocycles. The zero-order valence-corrected chi connectivity index (χ0v) is 17.3. The van der Waals surface area contributed by atoms with Crippen molar-refractivity contribution in [2.24, 2.45) is 0 Å². The minimum atomic E-state index is -1.14. The van der Waals surface area contributed by atoms with E-state index in [0.717, 1.165) is 11.8 Å². The minimum Gasteiger partial charge on any atom is -0.496 e. The molecule has 0 aliphatic rings. The van der Waals surface area contributed by atoms with Gasteiger partial charge in [0.2, 0.25) is 5.16 Å². The summed E-state index contributed by atoms with van der Waals surface area (Å²) in [5, 5.41) is 17.9. The molecule has 2 N–H and O–H groups in total. The van der Waals surface area contributed by atoms with Crippen LogP contribution in [0.25, 0.3) is 17.5 Å². The van der Waals surface area contributed by atoms with E-state index < -0.39 is 5.97 Å². The summed E-state index contributed by atoms with van der Waals surface area (Å²) in [6, 6.07) is 9.87. The normalized spacial score (nSPS) is 11.5. The average molecular weight is 457 g/mol. The molecule has 3 rings (SSSR count). The number of carboxylic acids is 1. The Bertz CT molecular complexity index is 1070. The lowest BCUT2D eigenvalue weighted by atomic mass is 10.2. The topological polar surface area (TPSA) is 88.1 Å². The van der Waals surface area contributed by atoms with Crippen molar-refractivity contribution in [3.8, 4) is 17.1 Å². The Morgan fingerprint density at radius 1 is 1.18 bits per heavy atom. The van der Waals surface area contributed by atoms with Crippen molar-refractivity contribution < 1.29 is 14.6 Å². The second kappa shape index (κ2) is 8.87. The van der Waals surface area contributed by atoms with Crippen LogP contribution in [0.5, 0.6) is 5.75 Å². The number of rotatable bonds is 6. The van der Waals surface area contributed by atoms with Gasteiger partial charge in [-0.3, -0.25) is 5.10 Å². The van der Waals surface area contributed by atoms with E-state index in [1.54, 1.807) is 30.3 Å². The third-order valence-corrected chi connectivity index (χ3v) is 5.22. The molecule has 28 heavy (non-hydrogen) atoms. The van der Waals surface area contributed by atoms with Gasteiger partial charge in [0.05, 0.1) is 12.7 Å². The fourth-order valence-electron chi connectivity index (χ4n) is 2.27. The van der Waals surface area contributed by atoms with Crippen LogP contribution < -0.4 is 4.74 Å². The van der Waals surface area contributed by atoms with E-state index in [4.69, 9.17) is 39.5 Å². The molecular formula is C18H12Cl3N3O3S. The maximum atomic E-state index is 11.6. The Labute approximate surface area is 179 Å². The molecule has 0 radical (unpaired) electrons. The zero-order chi connectivity index (χ0) is 20.3. The molecule has 144 valence electrons. The standard InChI is InChI=1S/C18H12Cl3N3O3S/c1-27-14-5-4-10(19)7-12(14)16-22-18(24-23-16)28-15(17(25)26)6-9-2-3-11(20)8-13(9)21/h2-8H,1H3,(H,25,26)(H,22,23,24)/b15-6-. The quantitative estimate of drug-likeness (QED) is 0.368. The Morgan fingerprint density at radius 2 is 1.89 bits per heavy atom. The Morgan fingerprint density at radius 3 is 2.57 bits per heavy atom. The van der Waals surface area contributed by atoms with Crippen LogP contribution in [0.3, 0.4) is 0 Å². The van der Waals surface area contributed by atoms with Crippen molar-refractivity contribution in [3.05, 3.63) is 61.9 Å². The van der Waals surface area contributed by atoms with Gasteiger partial charge in [-0.2, -0.15) is 0 Å². The summed E-state index contributed by atoms with van der Waals surface area (Å²) in [5.74, 6) is -0.183. The predicted octanol–water partition coefficient (Wildman–Crippen LogP) is 5.66. The van der Waals surface area contributed by atoms with Crippen molar-refractivity contribution in [2.45, 2.75) is 5.16 Å². The van der Waals surface area contributed by atoms with Gasteiger partial charge in [0.1, 0.15) is 10.7 Å². The van der Waals surface area contributed by atoms with Gasteiger partial charge in [0.15, 0.2) is 5.82 Å². The van der Waals surface area contributed by atoms with Crippen molar-refractivity contribution >= 4 is 58.6 Å². The van der Waals surface area contributed by atoms with E-state index in [1.165, 1.54) is 19.3 Å². The molecule has 2 aromatic carbocycles. The molecular weight excluding hydrogens is 445 g/mol. The first-order valence-corrected chi connectivity index (χ1v) is 9.66. The van der Waals surface area contributed by atoms with Gasteiger partial charge in [0, 0.05) is 15.1 Å². The Kier molecular flexibility index (Phi) is 6.51. The van der Waals surface area contributed by atoms with Crippen LogP contribution in [0.2, 0.25) is 15.1 Å². The number of aliphatic carboxylic acids is 1. The number of nitrogens with one attached hydrogen (secondary N) is 1. The van der Waals surface area contributed by atoms with E-state index in [1.807, 2.05) is 0 Å². The summed E-state index contributed by atoms with van der Waals surface area (Å²) in [4.78, 5) is 16.0. The van der Waals surface area contributed by atoms with Gasteiger partial charge in [-0.05, 0) is 53.7 Å². The number of aromatic amines is 1. The first-order valence-electron chi connectivity index (χ1n) is 7.71. The number of thioether (sulfide) groups is 1. The number of halogens is 3. The molecule has 10 heteroatoms. The molecule has 1 aromatic heterocycles. The summed E-state index contributed by atoms with van der Waals surface area (Å²) >= 11 is 18.9. The smallest absolute Gasteiger partial charge is 0.342 e. The lowest BCUT2D eigenvalue weighted by Gasteiger charge is -2.05. The van der Waals surface area contributed by atoms with Crippen LogP contribution in [-0.4, -0.2) is 33.4 Å². The van der Waals surface area contributed by atoms with Gasteiger partial charge in [0.25, 0.3) is 0 Å². The molecule has 0 unspecified atom stereocenters. The number of H-pyrrole nitrogens is 1. The second-order valence-corrected chi connectivity index (χ2v) is 7.68. The number of hydrogen-bond donors (Lipinski definition) is 2. The van der Waals surface area contributed by atoms with Crippen molar-refractivity contribution in [1.82, 2.24) is 15.2 Å². The summed E-state index contributed by atoms with van der Waals surface area (Å²) in [7, 11) is 1.53. The van der Waals surface area contributed by atoms with Crippen LogP contribution >= 0.6 is 46.6 Å². The summed E-state index contributed by atoms with van der Waals surface area (Å²) in [6.45, 7) is 0. The van der Waals surface area contributed by atoms with E-state index in [9.17, 15) is 9.90 Å². The number of carboxylic acid groups (broad SMARTS) is 1. The summed E-state index contributed by atoms with van der Waals surface area (Å²) in [6.07, 6.45) is 1.43. The highest BCUT2D eigenvalue weighted by molar-refractivity contribution is 8.04. The van der Waals surface area contributed by atoms with Crippen molar-refractivity contribution in [1.29, 1.82) is 0 Å². The third-order valence-electron chi connectivity index (χ3n) is 3.54. The first-order chi connectivity index (χ1) is 13.4. The number of aromatic nitrogens is 3. The fraction of sp³-hybridized carbons (Fsp3) is 0.0556. The summed E-state index contributed by atoms with van der Waals surface area (Å²) in [5.41, 5.74) is 1.12. The molecule has 0 aliphatic heterocycles. The van der Waals surface area contributed by atoms with Gasteiger partial charge in [-0.25, -0.2) is 9.78 Å². The second-order valence-electron chi connectivity index (χ2n) is 5.39. The minimum absolute atomic E-state index is 0.00664. The van der Waals surface area contributed by atoms with Gasteiger partial charge in [-0.15, -0.1) is 5.10 Å². The number of ether oxygens (including phenoxy) is 1. The van der Waals surface area contributed by atoms with Crippen LogP contribution in [0.15, 0.2) is 46.5 Å². The predicted molar refractivity (Wildman–Crippen MR) is 111 cm³/mol. The first kappa shape index (κ1) is 20.5. The molecule has 0 amide bonds. The molecule has 0 fully saturated rings. The molecule has 0 bridgehead atoms. The monoisotopic (exact) mass is 455 g/mol. The number of hydrogen-bond acceptors (Lipinski definition) is 5. The van der Waals surface area contributed by atoms with Crippen LogP contribution in [0.4, 0.5) is 0 Å². The summed E-state index contributed by atoms with van der Waals surface area (Å²) < 4.78 is 5.30. The largest absolute Gasteiger partial charge is 0.496 e. The SMILES string of the molecule is COc1ccc(Cl)cc1-c1nc(S/C(=C\c2ccc(Cl)cc2Cl)C(=O)O)n[nH]1. The lowest BCUT2D eigenvalue weighted by molar-refractivity contribution is -0.131. The van der Waals surface area contributed by atoms with Crippen LogP contribution in [0.1, 0.15) is 5.56 Å².